The number of hydrogen-bond donors (Lipinski definition) is 0. The van der Waals surface area contributed by atoms with Gasteiger partial charge in [0.1, 0.15) is 12.3 Å². The average molecular weight is 341 g/mol. The fourth-order valence-electron chi connectivity index (χ4n) is 2.39. The van der Waals surface area contributed by atoms with E-state index < -0.39 is 27.8 Å². The molecule has 7 nitrogen and oxygen atoms in total. The normalized spacial score (nSPS) is 19.1. The molecular formula is C15H19NO6S. The Bertz CT molecular complexity index is 658. The zero-order valence-electron chi connectivity index (χ0n) is 12.8. The number of esters is 1. The molecule has 126 valence electrons. The SMILES string of the molecule is COC(=O)CN(C(=O)COc1ccccc1)C1CCS(=O)(=O)C1. The Morgan fingerprint density at radius 2 is 1.96 bits per heavy atom. The molecule has 1 fully saturated rings. The number of ether oxygens (including phenoxy) is 2. The third-order valence-corrected chi connectivity index (χ3v) is 5.35. The number of hydrogen-bond acceptors (Lipinski definition) is 6. The summed E-state index contributed by atoms with van der Waals surface area (Å²) in [5.74, 6) is -0.634. The standard InChI is InChI=1S/C15H19NO6S/c1-21-15(18)9-16(12-7-8-23(19,20)11-12)14(17)10-22-13-5-3-2-4-6-13/h2-6,12H,7-11H2,1H3. The average Bonchev–Trinajstić information content (AvgIpc) is 2.90. The number of nitrogens with zero attached hydrogens (tertiary/aromatic N) is 1. The Morgan fingerprint density at radius 1 is 1.26 bits per heavy atom. The molecule has 1 atom stereocenters. The molecular weight excluding hydrogens is 322 g/mol. The lowest BCUT2D eigenvalue weighted by Crippen LogP contribution is -2.46. The monoisotopic (exact) mass is 341 g/mol. The third-order valence-electron chi connectivity index (χ3n) is 3.60. The molecule has 1 heterocycles. The van der Waals surface area contributed by atoms with E-state index in [0.717, 1.165) is 0 Å². The van der Waals surface area contributed by atoms with Gasteiger partial charge in [-0.05, 0) is 18.6 Å². The molecule has 23 heavy (non-hydrogen) atoms. The van der Waals surface area contributed by atoms with Gasteiger partial charge in [0.15, 0.2) is 16.4 Å². The van der Waals surface area contributed by atoms with Crippen molar-refractivity contribution in [1.29, 1.82) is 0 Å². The Balaban J connectivity index is 2.03. The van der Waals surface area contributed by atoms with Crippen molar-refractivity contribution in [3.8, 4) is 5.75 Å². The minimum Gasteiger partial charge on any atom is -0.484 e. The van der Waals surface area contributed by atoms with E-state index in [0.29, 0.717) is 12.2 Å². The van der Waals surface area contributed by atoms with E-state index in [1.165, 1.54) is 12.0 Å². The van der Waals surface area contributed by atoms with Crippen LogP contribution >= 0.6 is 0 Å². The van der Waals surface area contributed by atoms with E-state index in [9.17, 15) is 18.0 Å². The van der Waals surface area contributed by atoms with Crippen LogP contribution in [-0.4, -0.2) is 63.0 Å². The summed E-state index contributed by atoms with van der Waals surface area (Å²) in [5, 5.41) is 0. The van der Waals surface area contributed by atoms with Crippen LogP contribution in [0.5, 0.6) is 5.75 Å². The van der Waals surface area contributed by atoms with Gasteiger partial charge in [0, 0.05) is 6.04 Å². The highest BCUT2D eigenvalue weighted by Gasteiger charge is 2.35. The van der Waals surface area contributed by atoms with Crippen LogP contribution in [0.3, 0.4) is 0 Å². The van der Waals surface area contributed by atoms with Crippen LogP contribution in [0, 0.1) is 0 Å². The van der Waals surface area contributed by atoms with Crippen LogP contribution in [0.4, 0.5) is 0 Å². The summed E-state index contributed by atoms with van der Waals surface area (Å²) in [4.78, 5) is 25.1. The van der Waals surface area contributed by atoms with Crippen LogP contribution in [0.2, 0.25) is 0 Å². The van der Waals surface area contributed by atoms with Crippen molar-refractivity contribution >= 4 is 21.7 Å². The van der Waals surface area contributed by atoms with Gasteiger partial charge in [0.05, 0.1) is 18.6 Å². The molecule has 0 aromatic heterocycles. The molecule has 0 saturated carbocycles. The lowest BCUT2D eigenvalue weighted by molar-refractivity contribution is -0.149. The molecule has 1 amide bonds. The van der Waals surface area contributed by atoms with Crippen molar-refractivity contribution < 1.29 is 27.5 Å². The number of rotatable bonds is 6. The van der Waals surface area contributed by atoms with Crippen LogP contribution in [0.25, 0.3) is 0 Å². The molecule has 1 aliphatic rings. The number of benzene rings is 1. The van der Waals surface area contributed by atoms with Gasteiger partial charge < -0.3 is 14.4 Å². The fraction of sp³-hybridized carbons (Fsp3) is 0.467. The molecule has 0 spiro atoms. The second-order valence-corrected chi connectivity index (χ2v) is 7.49. The topological polar surface area (TPSA) is 90.0 Å². The highest BCUT2D eigenvalue weighted by molar-refractivity contribution is 7.91. The first-order valence-electron chi connectivity index (χ1n) is 7.16. The number of sulfone groups is 1. The number of amides is 1. The molecule has 1 unspecified atom stereocenters. The predicted molar refractivity (Wildman–Crippen MR) is 82.7 cm³/mol. The van der Waals surface area contributed by atoms with E-state index in [1.54, 1.807) is 24.3 Å². The van der Waals surface area contributed by atoms with Crippen LogP contribution in [-0.2, 0) is 24.2 Å². The molecule has 1 aromatic rings. The first-order valence-corrected chi connectivity index (χ1v) is 8.98. The number of para-hydroxylation sites is 1. The molecule has 0 radical (unpaired) electrons. The molecule has 0 N–H and O–H groups in total. The largest absolute Gasteiger partial charge is 0.484 e. The first-order chi connectivity index (χ1) is 10.9. The van der Waals surface area contributed by atoms with Gasteiger partial charge in [0.25, 0.3) is 5.91 Å². The minimum absolute atomic E-state index is 0.0160. The second kappa shape index (κ2) is 7.45. The maximum atomic E-state index is 12.4. The molecule has 0 bridgehead atoms. The fourth-order valence-corrected chi connectivity index (χ4v) is 4.12. The van der Waals surface area contributed by atoms with E-state index in [-0.39, 0.29) is 24.7 Å². The zero-order chi connectivity index (χ0) is 16.9. The Kier molecular flexibility index (Phi) is 5.59. The number of methoxy groups -OCH3 is 1. The first kappa shape index (κ1) is 17.3. The van der Waals surface area contributed by atoms with Gasteiger partial charge in [-0.1, -0.05) is 18.2 Å². The summed E-state index contributed by atoms with van der Waals surface area (Å²) in [6.07, 6.45) is 0.316. The summed E-state index contributed by atoms with van der Waals surface area (Å²) in [5.41, 5.74) is 0. The summed E-state index contributed by atoms with van der Waals surface area (Å²) in [7, 11) is -1.95. The van der Waals surface area contributed by atoms with Gasteiger partial charge in [0.2, 0.25) is 0 Å². The molecule has 2 rings (SSSR count). The molecule has 1 aromatic carbocycles. The highest BCUT2D eigenvalue weighted by atomic mass is 32.2. The van der Waals surface area contributed by atoms with Crippen LogP contribution < -0.4 is 4.74 Å². The van der Waals surface area contributed by atoms with Crippen LogP contribution in [0.15, 0.2) is 30.3 Å². The summed E-state index contributed by atoms with van der Waals surface area (Å²) in [6, 6.07) is 8.26. The molecule has 1 saturated heterocycles. The molecule has 0 aliphatic carbocycles. The second-order valence-electron chi connectivity index (χ2n) is 5.26. The zero-order valence-corrected chi connectivity index (χ0v) is 13.6. The number of carbonyl (C=O) groups is 2. The van der Waals surface area contributed by atoms with E-state index in [4.69, 9.17) is 4.74 Å². The van der Waals surface area contributed by atoms with Crippen molar-refractivity contribution in [3.05, 3.63) is 30.3 Å². The van der Waals surface area contributed by atoms with Crippen molar-refractivity contribution in [3.63, 3.8) is 0 Å². The maximum absolute atomic E-state index is 12.4. The molecule has 1 aliphatic heterocycles. The van der Waals surface area contributed by atoms with Gasteiger partial charge in [-0.25, -0.2) is 8.42 Å². The summed E-state index contributed by atoms with van der Waals surface area (Å²) < 4.78 is 33.2. The van der Waals surface area contributed by atoms with E-state index in [2.05, 4.69) is 4.74 Å². The van der Waals surface area contributed by atoms with Gasteiger partial charge in [-0.3, -0.25) is 9.59 Å². The Morgan fingerprint density at radius 3 is 2.52 bits per heavy atom. The van der Waals surface area contributed by atoms with Gasteiger partial charge >= 0.3 is 5.97 Å². The number of carbonyl (C=O) groups excluding carboxylic acids is 2. The Labute approximate surface area is 135 Å². The highest BCUT2D eigenvalue weighted by Crippen LogP contribution is 2.18. The van der Waals surface area contributed by atoms with Crippen molar-refractivity contribution in [2.24, 2.45) is 0 Å². The quantitative estimate of drug-likeness (QED) is 0.689. The lowest BCUT2D eigenvalue weighted by atomic mass is 10.2. The van der Waals surface area contributed by atoms with Crippen molar-refractivity contribution in [1.82, 2.24) is 4.90 Å². The maximum Gasteiger partial charge on any atom is 0.325 e. The minimum atomic E-state index is -3.17. The van der Waals surface area contributed by atoms with Gasteiger partial charge in [-0.2, -0.15) is 0 Å². The predicted octanol–water partition coefficient (Wildman–Crippen LogP) is 0.254. The van der Waals surface area contributed by atoms with Crippen molar-refractivity contribution in [2.75, 3.05) is 31.8 Å². The summed E-state index contributed by atoms with van der Waals surface area (Å²) in [6.45, 7) is -0.550. The lowest BCUT2D eigenvalue weighted by Gasteiger charge is -2.27. The Hall–Kier alpha value is -2.09. The van der Waals surface area contributed by atoms with E-state index in [1.807, 2.05) is 6.07 Å². The van der Waals surface area contributed by atoms with E-state index >= 15 is 0 Å². The smallest absolute Gasteiger partial charge is 0.325 e. The summed E-state index contributed by atoms with van der Waals surface area (Å²) >= 11 is 0. The third kappa shape index (κ3) is 4.95. The molecule has 8 heteroatoms. The van der Waals surface area contributed by atoms with Crippen LogP contribution in [0.1, 0.15) is 6.42 Å². The van der Waals surface area contributed by atoms with Gasteiger partial charge in [-0.15, -0.1) is 0 Å². The van der Waals surface area contributed by atoms with Crippen molar-refractivity contribution in [2.45, 2.75) is 12.5 Å².